The van der Waals surface area contributed by atoms with Gasteiger partial charge in [-0.1, -0.05) is 13.8 Å². The molecule has 0 unspecified atom stereocenters. The summed E-state index contributed by atoms with van der Waals surface area (Å²) in [5, 5.41) is 11.6. The van der Waals surface area contributed by atoms with E-state index < -0.39 is 17.3 Å². The zero-order valence-corrected chi connectivity index (χ0v) is 11.6. The van der Waals surface area contributed by atoms with Crippen LogP contribution >= 0.6 is 0 Å². The third-order valence-electron chi connectivity index (χ3n) is 2.57. The zero-order valence-electron chi connectivity index (χ0n) is 11.6. The molecule has 1 amide bonds. The van der Waals surface area contributed by atoms with Gasteiger partial charge in [0.15, 0.2) is 0 Å². The molecule has 17 heavy (non-hydrogen) atoms. The summed E-state index contributed by atoms with van der Waals surface area (Å²) in [6.07, 6.45) is 0. The van der Waals surface area contributed by atoms with Gasteiger partial charge in [0, 0.05) is 13.1 Å². The number of carboxylic acids is 1. The maximum absolute atomic E-state index is 11.7. The van der Waals surface area contributed by atoms with Crippen molar-refractivity contribution >= 4 is 11.9 Å². The van der Waals surface area contributed by atoms with Gasteiger partial charge in [0.05, 0.1) is 0 Å². The molecule has 0 radical (unpaired) electrons. The van der Waals surface area contributed by atoms with Crippen molar-refractivity contribution in [2.24, 2.45) is 10.8 Å². The van der Waals surface area contributed by atoms with Crippen molar-refractivity contribution < 1.29 is 14.7 Å². The zero-order chi connectivity index (χ0) is 13.9. The smallest absolute Gasteiger partial charge is 0.318 e. The first-order chi connectivity index (χ1) is 7.49. The van der Waals surface area contributed by atoms with Gasteiger partial charge in [-0.25, -0.2) is 0 Å². The number of carbonyl (C=O) groups is 2. The van der Waals surface area contributed by atoms with Gasteiger partial charge in [0.1, 0.15) is 5.41 Å². The summed E-state index contributed by atoms with van der Waals surface area (Å²) < 4.78 is 0. The molecule has 0 aromatic carbocycles. The van der Waals surface area contributed by atoms with Crippen molar-refractivity contribution in [1.29, 1.82) is 0 Å². The van der Waals surface area contributed by atoms with Gasteiger partial charge in [-0.05, 0) is 33.4 Å². The van der Waals surface area contributed by atoms with E-state index >= 15 is 0 Å². The maximum atomic E-state index is 11.7. The Morgan fingerprint density at radius 1 is 1.18 bits per heavy atom. The van der Waals surface area contributed by atoms with Crippen molar-refractivity contribution in [2.45, 2.75) is 27.7 Å². The fourth-order valence-electron chi connectivity index (χ4n) is 1.55. The highest BCUT2D eigenvalue weighted by Gasteiger charge is 2.36. The van der Waals surface area contributed by atoms with Gasteiger partial charge in [0.25, 0.3) is 0 Å². The lowest BCUT2D eigenvalue weighted by Crippen LogP contribution is -2.47. The summed E-state index contributed by atoms with van der Waals surface area (Å²) in [4.78, 5) is 24.7. The van der Waals surface area contributed by atoms with E-state index in [9.17, 15) is 9.59 Å². The van der Waals surface area contributed by atoms with Crippen molar-refractivity contribution in [3.8, 4) is 0 Å². The predicted molar refractivity (Wildman–Crippen MR) is 66.8 cm³/mol. The van der Waals surface area contributed by atoms with E-state index in [-0.39, 0.29) is 5.41 Å². The number of carboxylic acid groups (broad SMARTS) is 1. The Morgan fingerprint density at radius 3 is 2.00 bits per heavy atom. The SMILES string of the molecule is CN(C)CC(C)(C)CNC(=O)C(C)(C)C(=O)O. The second-order valence-corrected chi connectivity index (χ2v) is 6.01. The van der Waals surface area contributed by atoms with Crippen LogP contribution in [0.15, 0.2) is 0 Å². The van der Waals surface area contributed by atoms with E-state index in [1.165, 1.54) is 13.8 Å². The predicted octanol–water partition coefficient (Wildman–Crippen LogP) is 0.801. The summed E-state index contributed by atoms with van der Waals surface area (Å²) in [6, 6.07) is 0. The van der Waals surface area contributed by atoms with E-state index in [4.69, 9.17) is 5.11 Å². The van der Waals surface area contributed by atoms with Gasteiger partial charge in [-0.15, -0.1) is 0 Å². The minimum absolute atomic E-state index is 0.0895. The lowest BCUT2D eigenvalue weighted by Gasteiger charge is -2.29. The number of hydrogen-bond donors (Lipinski definition) is 2. The van der Waals surface area contributed by atoms with Crippen molar-refractivity contribution in [2.75, 3.05) is 27.2 Å². The minimum atomic E-state index is -1.38. The topological polar surface area (TPSA) is 69.6 Å². The molecule has 0 atom stereocenters. The Hall–Kier alpha value is -1.10. The summed E-state index contributed by atoms with van der Waals surface area (Å²) in [5.74, 6) is -1.56. The fourth-order valence-corrected chi connectivity index (χ4v) is 1.55. The first kappa shape index (κ1) is 15.9. The highest BCUT2D eigenvalue weighted by Crippen LogP contribution is 2.18. The number of rotatable bonds is 6. The molecule has 0 aromatic rings. The minimum Gasteiger partial charge on any atom is -0.480 e. The molecule has 0 aliphatic heterocycles. The first-order valence-corrected chi connectivity index (χ1v) is 5.65. The normalized spacial score (nSPS) is 12.6. The van der Waals surface area contributed by atoms with Crippen LogP contribution in [0, 0.1) is 10.8 Å². The van der Waals surface area contributed by atoms with Crippen LogP contribution < -0.4 is 5.32 Å². The molecule has 5 heteroatoms. The Morgan fingerprint density at radius 2 is 1.65 bits per heavy atom. The molecule has 0 spiro atoms. The number of aliphatic carboxylic acids is 1. The first-order valence-electron chi connectivity index (χ1n) is 5.65. The summed E-state index contributed by atoms with van der Waals surface area (Å²) in [5.41, 5.74) is -1.47. The van der Waals surface area contributed by atoms with E-state index in [1.54, 1.807) is 0 Å². The molecular formula is C12H24N2O3. The molecule has 0 saturated heterocycles. The molecule has 0 heterocycles. The van der Waals surface area contributed by atoms with Crippen LogP contribution in [0.3, 0.4) is 0 Å². The molecule has 100 valence electrons. The van der Waals surface area contributed by atoms with Crippen molar-refractivity contribution in [3.05, 3.63) is 0 Å². The maximum Gasteiger partial charge on any atom is 0.318 e. The van der Waals surface area contributed by atoms with Gasteiger partial charge in [-0.3, -0.25) is 9.59 Å². The molecule has 0 bridgehead atoms. The molecule has 0 aliphatic carbocycles. The van der Waals surface area contributed by atoms with E-state index in [1.807, 2.05) is 32.8 Å². The van der Waals surface area contributed by atoms with Crippen molar-refractivity contribution in [3.63, 3.8) is 0 Å². The molecule has 0 aliphatic rings. The van der Waals surface area contributed by atoms with Crippen LogP contribution in [0.2, 0.25) is 0 Å². The van der Waals surface area contributed by atoms with E-state index in [2.05, 4.69) is 5.32 Å². The second kappa shape index (κ2) is 5.49. The largest absolute Gasteiger partial charge is 0.480 e. The molecule has 0 rings (SSSR count). The molecule has 0 fully saturated rings. The van der Waals surface area contributed by atoms with Crippen LogP contribution in [-0.2, 0) is 9.59 Å². The van der Waals surface area contributed by atoms with Crippen LogP contribution in [0.5, 0.6) is 0 Å². The standard InChI is InChI=1S/C12H24N2O3/c1-11(2,8-14(5)6)7-13-9(15)12(3,4)10(16)17/h7-8H2,1-6H3,(H,13,15)(H,16,17). The van der Waals surface area contributed by atoms with Crippen molar-refractivity contribution in [1.82, 2.24) is 10.2 Å². The molecular weight excluding hydrogens is 220 g/mol. The Kier molecular flexibility index (Phi) is 5.13. The van der Waals surface area contributed by atoms with E-state index in [0.29, 0.717) is 6.54 Å². The molecule has 2 N–H and O–H groups in total. The number of nitrogens with one attached hydrogen (secondary N) is 1. The van der Waals surface area contributed by atoms with E-state index in [0.717, 1.165) is 6.54 Å². The number of amides is 1. The van der Waals surface area contributed by atoms with Crippen LogP contribution in [0.4, 0.5) is 0 Å². The Labute approximate surface area is 103 Å². The number of carbonyl (C=O) groups excluding carboxylic acids is 1. The number of hydrogen-bond acceptors (Lipinski definition) is 3. The molecule has 5 nitrogen and oxygen atoms in total. The van der Waals surface area contributed by atoms with Gasteiger partial charge < -0.3 is 15.3 Å². The van der Waals surface area contributed by atoms with Gasteiger partial charge in [-0.2, -0.15) is 0 Å². The summed E-state index contributed by atoms with van der Waals surface area (Å²) >= 11 is 0. The summed E-state index contributed by atoms with van der Waals surface area (Å²) in [7, 11) is 3.93. The lowest BCUT2D eigenvalue weighted by molar-refractivity contribution is -0.153. The van der Waals surface area contributed by atoms with Crippen LogP contribution in [0.1, 0.15) is 27.7 Å². The monoisotopic (exact) mass is 244 g/mol. The van der Waals surface area contributed by atoms with Gasteiger partial charge in [0.2, 0.25) is 5.91 Å². The highest BCUT2D eigenvalue weighted by molar-refractivity contribution is 6.00. The second-order valence-electron chi connectivity index (χ2n) is 6.01. The third kappa shape index (κ3) is 5.17. The molecule has 0 saturated carbocycles. The third-order valence-corrected chi connectivity index (χ3v) is 2.57. The average molecular weight is 244 g/mol. The number of nitrogens with zero attached hydrogens (tertiary/aromatic N) is 1. The van der Waals surface area contributed by atoms with Crippen LogP contribution in [-0.4, -0.2) is 49.1 Å². The quantitative estimate of drug-likeness (QED) is 0.678. The molecule has 0 aromatic heterocycles. The van der Waals surface area contributed by atoms with Gasteiger partial charge >= 0.3 is 5.97 Å². The fraction of sp³-hybridized carbons (Fsp3) is 0.833. The Balaban J connectivity index is 4.39. The Bertz CT molecular complexity index is 296. The highest BCUT2D eigenvalue weighted by atomic mass is 16.4. The van der Waals surface area contributed by atoms with Crippen LogP contribution in [0.25, 0.3) is 0 Å². The summed E-state index contributed by atoms with van der Waals surface area (Å²) in [6.45, 7) is 8.15. The lowest BCUT2D eigenvalue weighted by atomic mass is 9.90. The average Bonchev–Trinajstić information content (AvgIpc) is 2.11.